The summed E-state index contributed by atoms with van der Waals surface area (Å²) in [5, 5.41) is 1.31. The van der Waals surface area contributed by atoms with Gasteiger partial charge in [0.25, 0.3) is 0 Å². The highest BCUT2D eigenvalue weighted by Crippen LogP contribution is 2.28. The molecular weight excluding hydrogens is 234 g/mol. The van der Waals surface area contributed by atoms with Gasteiger partial charge in [-0.1, -0.05) is 36.4 Å². The summed E-state index contributed by atoms with van der Waals surface area (Å²) in [4.78, 5) is 0. The largest absolute Gasteiger partial charge is 0.373 e. The van der Waals surface area contributed by atoms with Crippen molar-refractivity contribution in [2.45, 2.75) is 13.2 Å². The molecule has 0 bridgehead atoms. The summed E-state index contributed by atoms with van der Waals surface area (Å²) >= 11 is 0. The van der Waals surface area contributed by atoms with Crippen LogP contribution in [0.15, 0.2) is 54.6 Å². The minimum Gasteiger partial charge on any atom is -0.373 e. The number of nitrogens with zero attached hydrogens (tertiary/aromatic N) is 1. The Morgan fingerprint density at radius 1 is 0.895 bits per heavy atom. The van der Waals surface area contributed by atoms with Gasteiger partial charge >= 0.3 is 0 Å². The molecule has 0 radical (unpaired) electrons. The van der Waals surface area contributed by atoms with Crippen LogP contribution in [0.4, 0.5) is 0 Å². The third-order valence-electron chi connectivity index (χ3n) is 3.80. The van der Waals surface area contributed by atoms with Crippen LogP contribution in [-0.4, -0.2) is 11.2 Å². The maximum Gasteiger partial charge on any atom is 0.0869 e. The highest BCUT2D eigenvalue weighted by atomic mass is 16.5. The molecule has 1 aliphatic rings. The van der Waals surface area contributed by atoms with Gasteiger partial charge in [-0.3, -0.25) is 0 Å². The second-order valence-electron chi connectivity index (χ2n) is 4.98. The number of rotatable bonds is 1. The average molecular weight is 249 g/mol. The SMILES string of the molecule is c1ccc(-c2ccc3c(c2)cc2n3CCOC2)cc1. The van der Waals surface area contributed by atoms with Gasteiger partial charge in [-0.2, -0.15) is 0 Å². The van der Waals surface area contributed by atoms with Crippen molar-refractivity contribution in [2.75, 3.05) is 6.61 Å². The van der Waals surface area contributed by atoms with E-state index in [4.69, 9.17) is 4.74 Å². The van der Waals surface area contributed by atoms with Gasteiger partial charge in [-0.05, 0) is 29.3 Å². The second kappa shape index (κ2) is 4.25. The highest BCUT2D eigenvalue weighted by molar-refractivity contribution is 5.86. The second-order valence-corrected chi connectivity index (χ2v) is 4.98. The number of hydrogen-bond donors (Lipinski definition) is 0. The van der Waals surface area contributed by atoms with Crippen molar-refractivity contribution in [3.05, 3.63) is 60.3 Å². The monoisotopic (exact) mass is 249 g/mol. The first-order valence-corrected chi connectivity index (χ1v) is 6.67. The molecular formula is C17H15NO. The number of fused-ring (bicyclic) bond motifs is 3. The maximum absolute atomic E-state index is 5.52. The highest BCUT2D eigenvalue weighted by Gasteiger charge is 2.13. The summed E-state index contributed by atoms with van der Waals surface area (Å²) in [6.45, 7) is 2.51. The predicted molar refractivity (Wildman–Crippen MR) is 77.0 cm³/mol. The van der Waals surface area contributed by atoms with Crippen LogP contribution in [0, 0.1) is 0 Å². The van der Waals surface area contributed by atoms with Gasteiger partial charge in [0.1, 0.15) is 0 Å². The van der Waals surface area contributed by atoms with Gasteiger partial charge in [-0.25, -0.2) is 0 Å². The molecule has 0 fully saturated rings. The Hall–Kier alpha value is -2.06. The standard InChI is InChI=1S/C17H15NO/c1-2-4-13(5-3-1)14-6-7-17-15(10-14)11-16-12-19-9-8-18(16)17/h1-7,10-11H,8-9,12H2. The molecule has 2 aromatic carbocycles. The van der Waals surface area contributed by atoms with E-state index in [1.807, 2.05) is 0 Å². The van der Waals surface area contributed by atoms with Crippen LogP contribution in [0.1, 0.15) is 5.69 Å². The Bertz CT molecular complexity index is 728. The molecule has 0 unspecified atom stereocenters. The quantitative estimate of drug-likeness (QED) is 0.639. The fraction of sp³-hybridized carbons (Fsp3) is 0.176. The normalized spacial score (nSPS) is 14.5. The Morgan fingerprint density at radius 3 is 2.68 bits per heavy atom. The van der Waals surface area contributed by atoms with E-state index in [0.717, 1.165) is 19.8 Å². The Morgan fingerprint density at radius 2 is 1.79 bits per heavy atom. The lowest BCUT2D eigenvalue weighted by molar-refractivity contribution is 0.0865. The Labute approximate surface area is 112 Å². The molecule has 0 N–H and O–H groups in total. The van der Waals surface area contributed by atoms with Crippen molar-refractivity contribution in [3.63, 3.8) is 0 Å². The maximum atomic E-state index is 5.52. The van der Waals surface area contributed by atoms with Crippen LogP contribution in [0.3, 0.4) is 0 Å². The zero-order chi connectivity index (χ0) is 12.7. The van der Waals surface area contributed by atoms with Crippen molar-refractivity contribution in [1.29, 1.82) is 0 Å². The summed E-state index contributed by atoms with van der Waals surface area (Å²) in [7, 11) is 0. The Kier molecular flexibility index (Phi) is 2.42. The smallest absolute Gasteiger partial charge is 0.0869 e. The molecule has 0 amide bonds. The van der Waals surface area contributed by atoms with E-state index in [2.05, 4.69) is 59.2 Å². The molecule has 3 aromatic rings. The van der Waals surface area contributed by atoms with Crippen LogP contribution in [0.5, 0.6) is 0 Å². The van der Waals surface area contributed by atoms with Crippen molar-refractivity contribution in [2.24, 2.45) is 0 Å². The minimum atomic E-state index is 0.731. The van der Waals surface area contributed by atoms with Gasteiger partial charge in [0.05, 0.1) is 13.2 Å². The molecule has 4 rings (SSSR count). The van der Waals surface area contributed by atoms with Crippen molar-refractivity contribution >= 4 is 10.9 Å². The van der Waals surface area contributed by atoms with Crippen LogP contribution >= 0.6 is 0 Å². The molecule has 1 aromatic heterocycles. The van der Waals surface area contributed by atoms with Crippen molar-refractivity contribution in [3.8, 4) is 11.1 Å². The summed E-state index contributed by atoms with van der Waals surface area (Å²) in [5.74, 6) is 0. The minimum absolute atomic E-state index is 0.731. The topological polar surface area (TPSA) is 14.2 Å². The van der Waals surface area contributed by atoms with E-state index >= 15 is 0 Å². The first kappa shape index (κ1) is 10.8. The zero-order valence-electron chi connectivity index (χ0n) is 10.7. The summed E-state index contributed by atoms with van der Waals surface area (Å²) in [6.07, 6.45) is 0. The molecule has 0 saturated heterocycles. The molecule has 1 aliphatic heterocycles. The van der Waals surface area contributed by atoms with E-state index in [1.54, 1.807) is 0 Å². The lowest BCUT2D eigenvalue weighted by Crippen LogP contribution is -2.15. The van der Waals surface area contributed by atoms with E-state index in [9.17, 15) is 0 Å². The summed E-state index contributed by atoms with van der Waals surface area (Å²) < 4.78 is 7.89. The fourth-order valence-electron chi connectivity index (χ4n) is 2.85. The number of ether oxygens (including phenoxy) is 1. The van der Waals surface area contributed by atoms with Gasteiger partial charge in [0.15, 0.2) is 0 Å². The molecule has 2 nitrogen and oxygen atoms in total. The molecule has 0 atom stereocenters. The molecule has 2 heterocycles. The Balaban J connectivity index is 1.88. The molecule has 0 aliphatic carbocycles. The number of hydrogen-bond acceptors (Lipinski definition) is 1. The van der Waals surface area contributed by atoms with Gasteiger partial charge in [0.2, 0.25) is 0 Å². The van der Waals surface area contributed by atoms with E-state index in [1.165, 1.54) is 27.7 Å². The summed E-state index contributed by atoms with van der Waals surface area (Å²) in [5.41, 5.74) is 5.14. The van der Waals surface area contributed by atoms with Crippen LogP contribution < -0.4 is 0 Å². The van der Waals surface area contributed by atoms with E-state index < -0.39 is 0 Å². The average Bonchev–Trinajstić information content (AvgIpc) is 2.86. The molecule has 0 saturated carbocycles. The van der Waals surface area contributed by atoms with Gasteiger partial charge < -0.3 is 9.30 Å². The lowest BCUT2D eigenvalue weighted by atomic mass is 10.0. The molecule has 0 spiro atoms. The zero-order valence-corrected chi connectivity index (χ0v) is 10.7. The van der Waals surface area contributed by atoms with Crippen LogP contribution in [0.25, 0.3) is 22.0 Å². The first-order chi connectivity index (χ1) is 9.42. The van der Waals surface area contributed by atoms with Crippen LogP contribution in [0.2, 0.25) is 0 Å². The summed E-state index contributed by atoms with van der Waals surface area (Å²) in [6, 6.07) is 19.5. The van der Waals surface area contributed by atoms with Crippen molar-refractivity contribution in [1.82, 2.24) is 4.57 Å². The third-order valence-corrected chi connectivity index (χ3v) is 3.80. The molecule has 19 heavy (non-hydrogen) atoms. The predicted octanol–water partition coefficient (Wildman–Crippen LogP) is 3.84. The number of benzene rings is 2. The van der Waals surface area contributed by atoms with Gasteiger partial charge in [0, 0.05) is 23.1 Å². The van der Waals surface area contributed by atoms with E-state index in [-0.39, 0.29) is 0 Å². The third kappa shape index (κ3) is 1.76. The van der Waals surface area contributed by atoms with E-state index in [0.29, 0.717) is 0 Å². The molecule has 2 heteroatoms. The first-order valence-electron chi connectivity index (χ1n) is 6.67. The lowest BCUT2D eigenvalue weighted by Gasteiger charge is -2.16. The van der Waals surface area contributed by atoms with Gasteiger partial charge in [-0.15, -0.1) is 0 Å². The molecule has 94 valence electrons. The fourth-order valence-corrected chi connectivity index (χ4v) is 2.85. The van der Waals surface area contributed by atoms with Crippen LogP contribution in [-0.2, 0) is 17.9 Å². The van der Waals surface area contributed by atoms with Crippen molar-refractivity contribution < 1.29 is 4.74 Å². The number of aromatic nitrogens is 1.